The summed E-state index contributed by atoms with van der Waals surface area (Å²) in [6.45, 7) is 4.52. The molecule has 5 heterocycles. The Bertz CT molecular complexity index is 2130. The highest BCUT2D eigenvalue weighted by atomic mass is 32.2. The van der Waals surface area contributed by atoms with Gasteiger partial charge in [0.2, 0.25) is 5.82 Å². The molecule has 3 N–H and O–H groups in total. The summed E-state index contributed by atoms with van der Waals surface area (Å²) in [6, 6.07) is 11.6. The molecule has 46 heavy (non-hydrogen) atoms. The van der Waals surface area contributed by atoms with Gasteiger partial charge in [-0.05, 0) is 49.9 Å². The van der Waals surface area contributed by atoms with Gasteiger partial charge in [-0.3, -0.25) is 18.9 Å². The number of sulfone groups is 1. The van der Waals surface area contributed by atoms with E-state index in [-0.39, 0.29) is 28.5 Å². The van der Waals surface area contributed by atoms with Gasteiger partial charge in [0.05, 0.1) is 16.9 Å². The lowest BCUT2D eigenvalue weighted by Crippen LogP contribution is -2.41. The van der Waals surface area contributed by atoms with E-state index in [1.54, 1.807) is 26.4 Å². The highest BCUT2D eigenvalue weighted by molar-refractivity contribution is 7.91. The second-order valence-electron chi connectivity index (χ2n) is 11.4. The Kier molecular flexibility index (Phi) is 8.30. The first-order valence-corrected chi connectivity index (χ1v) is 17.0. The molecule has 0 spiro atoms. The molecular formula is C32H36N10O3S. The molecule has 6 aromatic rings. The van der Waals surface area contributed by atoms with E-state index in [9.17, 15) is 13.2 Å². The van der Waals surface area contributed by atoms with Gasteiger partial charge < -0.3 is 15.6 Å². The second-order valence-corrected chi connectivity index (χ2v) is 13.4. The number of amides is 1. The topological polar surface area (TPSA) is 170 Å². The number of fused-ring (bicyclic) bond motifs is 2. The number of nitrogens with one attached hydrogen (secondary N) is 1. The molecule has 0 saturated carbocycles. The molecule has 0 aliphatic heterocycles. The SMILES string of the molecule is CCCN(C(=O)c1nnc[nH]1)[C@H](CC)CCc1nc2c(-c3ccc(-c4ccc5nn(C)cc5c4)nc3)ccn2c(N)c1S(C)(=O)=O. The lowest BCUT2D eigenvalue weighted by molar-refractivity contribution is 0.0650. The molecule has 6 rings (SSSR count). The van der Waals surface area contributed by atoms with E-state index < -0.39 is 9.84 Å². The Morgan fingerprint density at radius 3 is 2.61 bits per heavy atom. The first-order valence-electron chi connectivity index (χ1n) is 15.2. The number of carbonyl (C=O) groups is 1. The number of aromatic amines is 1. The number of anilines is 1. The molecule has 0 bridgehead atoms. The van der Waals surface area contributed by atoms with Crippen LogP contribution in [0.2, 0.25) is 0 Å². The Balaban J connectivity index is 1.34. The van der Waals surface area contributed by atoms with Crippen LogP contribution in [0.5, 0.6) is 0 Å². The van der Waals surface area contributed by atoms with E-state index in [4.69, 9.17) is 15.7 Å². The van der Waals surface area contributed by atoms with Crippen molar-refractivity contribution in [1.82, 2.24) is 44.2 Å². The van der Waals surface area contributed by atoms with E-state index in [0.717, 1.165) is 46.0 Å². The van der Waals surface area contributed by atoms with Crippen LogP contribution >= 0.6 is 0 Å². The molecule has 0 radical (unpaired) electrons. The molecule has 0 saturated heterocycles. The van der Waals surface area contributed by atoms with Crippen molar-refractivity contribution in [3.8, 4) is 22.4 Å². The number of rotatable bonds is 11. The van der Waals surface area contributed by atoms with E-state index in [2.05, 4.69) is 26.3 Å². The average molecular weight is 641 g/mol. The number of carbonyl (C=O) groups excluding carboxylic acids is 1. The summed E-state index contributed by atoms with van der Waals surface area (Å²) < 4.78 is 29.5. The predicted octanol–water partition coefficient (Wildman–Crippen LogP) is 4.32. The summed E-state index contributed by atoms with van der Waals surface area (Å²) in [7, 11) is -1.84. The normalized spacial score (nSPS) is 12.6. The van der Waals surface area contributed by atoms with E-state index >= 15 is 0 Å². The summed E-state index contributed by atoms with van der Waals surface area (Å²) in [4.78, 5) is 27.4. The van der Waals surface area contributed by atoms with Crippen molar-refractivity contribution in [2.75, 3.05) is 18.5 Å². The molecular weight excluding hydrogens is 604 g/mol. The maximum absolute atomic E-state index is 13.3. The molecule has 13 nitrogen and oxygen atoms in total. The highest BCUT2D eigenvalue weighted by Crippen LogP contribution is 2.32. The summed E-state index contributed by atoms with van der Waals surface area (Å²) in [5, 5.41) is 13.1. The van der Waals surface area contributed by atoms with Crippen molar-refractivity contribution in [3.63, 3.8) is 0 Å². The van der Waals surface area contributed by atoms with Crippen LogP contribution in [-0.2, 0) is 23.3 Å². The quantitative estimate of drug-likeness (QED) is 0.209. The zero-order valence-electron chi connectivity index (χ0n) is 26.2. The third-order valence-corrected chi connectivity index (χ3v) is 9.37. The van der Waals surface area contributed by atoms with Gasteiger partial charge in [-0.25, -0.2) is 13.4 Å². The number of hydrogen-bond acceptors (Lipinski definition) is 9. The third kappa shape index (κ3) is 5.83. The molecule has 0 unspecified atom stereocenters. The number of H-pyrrole nitrogens is 1. The fourth-order valence-corrected chi connectivity index (χ4v) is 7.07. The number of nitrogen functional groups attached to an aromatic ring is 1. The Labute approximate surface area is 266 Å². The van der Waals surface area contributed by atoms with Gasteiger partial charge in [0, 0.05) is 66.6 Å². The summed E-state index contributed by atoms with van der Waals surface area (Å²) >= 11 is 0. The van der Waals surface area contributed by atoms with Crippen LogP contribution in [0.3, 0.4) is 0 Å². The van der Waals surface area contributed by atoms with Crippen LogP contribution in [0.25, 0.3) is 38.9 Å². The second kappa shape index (κ2) is 12.4. The monoisotopic (exact) mass is 640 g/mol. The number of hydrogen-bond donors (Lipinski definition) is 2. The maximum Gasteiger partial charge on any atom is 0.291 e. The smallest absolute Gasteiger partial charge is 0.291 e. The van der Waals surface area contributed by atoms with Crippen LogP contribution in [0.4, 0.5) is 5.82 Å². The predicted molar refractivity (Wildman–Crippen MR) is 176 cm³/mol. The van der Waals surface area contributed by atoms with Gasteiger partial charge in [-0.1, -0.05) is 26.0 Å². The minimum absolute atomic E-state index is 0.000118. The van der Waals surface area contributed by atoms with Crippen molar-refractivity contribution in [3.05, 3.63) is 72.8 Å². The third-order valence-electron chi connectivity index (χ3n) is 8.19. The maximum atomic E-state index is 13.3. The first kappa shape index (κ1) is 30.9. The number of aromatic nitrogens is 8. The van der Waals surface area contributed by atoms with E-state index in [1.807, 2.05) is 57.4 Å². The van der Waals surface area contributed by atoms with Crippen molar-refractivity contribution < 1.29 is 13.2 Å². The van der Waals surface area contributed by atoms with Crippen molar-refractivity contribution in [2.24, 2.45) is 7.05 Å². The van der Waals surface area contributed by atoms with Crippen LogP contribution in [-0.4, -0.2) is 77.4 Å². The molecule has 0 aliphatic rings. The van der Waals surface area contributed by atoms with Gasteiger partial charge in [0.15, 0.2) is 9.84 Å². The van der Waals surface area contributed by atoms with Crippen LogP contribution in [0.15, 0.2) is 66.2 Å². The molecule has 238 valence electrons. The standard InChI is InChI=1S/C32H36N10O3S/c1-5-14-41(32(43)30-35-19-36-38-30)23(6-2)9-12-27-28(46(4,44)45)29(33)42-15-13-24(31(42)37-27)21-8-10-25(34-17-21)20-7-11-26-22(16-20)18-40(3)39-26/h7-8,10-11,13,15-19,23H,5-6,9,12,14,33H2,1-4H3,(H,35,36,38)/t23-/m1/s1. The van der Waals surface area contributed by atoms with Gasteiger partial charge in [0.25, 0.3) is 5.91 Å². The first-order chi connectivity index (χ1) is 22.1. The molecule has 5 aromatic heterocycles. The fourth-order valence-electron chi connectivity index (χ4n) is 6.02. The van der Waals surface area contributed by atoms with Gasteiger partial charge in [-0.15, -0.1) is 10.2 Å². The molecule has 14 heteroatoms. The zero-order valence-corrected chi connectivity index (χ0v) is 27.0. The molecule has 1 aromatic carbocycles. The fraction of sp³-hybridized carbons (Fsp3) is 0.312. The molecule has 0 aliphatic carbocycles. The number of nitrogens with zero attached hydrogens (tertiary/aromatic N) is 8. The Morgan fingerprint density at radius 2 is 1.93 bits per heavy atom. The summed E-state index contributed by atoms with van der Waals surface area (Å²) in [5.74, 6) is 0.0181. The number of nitrogens with two attached hydrogens (primary N) is 1. The molecule has 1 atom stereocenters. The van der Waals surface area contributed by atoms with Crippen LogP contribution in [0.1, 0.15) is 49.4 Å². The lowest BCUT2D eigenvalue weighted by Gasteiger charge is -2.30. The van der Waals surface area contributed by atoms with Gasteiger partial charge in [-0.2, -0.15) is 5.10 Å². The highest BCUT2D eigenvalue weighted by Gasteiger charge is 2.28. The van der Waals surface area contributed by atoms with Crippen LogP contribution < -0.4 is 5.73 Å². The van der Waals surface area contributed by atoms with E-state index in [1.165, 1.54) is 6.33 Å². The van der Waals surface area contributed by atoms with Crippen LogP contribution in [0, 0.1) is 0 Å². The van der Waals surface area contributed by atoms with Gasteiger partial charge >= 0.3 is 0 Å². The van der Waals surface area contributed by atoms with Crippen molar-refractivity contribution in [1.29, 1.82) is 0 Å². The number of pyridine rings is 1. The molecule has 1 amide bonds. The van der Waals surface area contributed by atoms with E-state index in [0.29, 0.717) is 37.1 Å². The lowest BCUT2D eigenvalue weighted by atomic mass is 10.0. The minimum atomic E-state index is -3.73. The minimum Gasteiger partial charge on any atom is -0.384 e. The Hall–Kier alpha value is -5.11. The Morgan fingerprint density at radius 1 is 1.13 bits per heavy atom. The summed E-state index contributed by atoms with van der Waals surface area (Å²) in [5.41, 5.74) is 11.7. The van der Waals surface area contributed by atoms with Crippen molar-refractivity contribution in [2.45, 2.75) is 50.5 Å². The number of benzene rings is 1. The summed E-state index contributed by atoms with van der Waals surface area (Å²) in [6.07, 6.45) is 10.2. The zero-order chi connectivity index (χ0) is 32.6. The largest absolute Gasteiger partial charge is 0.384 e. The molecule has 0 fully saturated rings. The average Bonchev–Trinajstić information content (AvgIpc) is 3.79. The number of aryl methyl sites for hydroxylation is 2. The van der Waals surface area contributed by atoms with Gasteiger partial charge in [0.1, 0.15) is 22.7 Å². The van der Waals surface area contributed by atoms with Crippen molar-refractivity contribution >= 4 is 38.1 Å².